The van der Waals surface area contributed by atoms with Gasteiger partial charge in [-0.2, -0.15) is 0 Å². The number of carboxylic acid groups (broad SMARTS) is 1. The van der Waals surface area contributed by atoms with Gasteiger partial charge in [-0.25, -0.2) is 13.2 Å². The highest BCUT2D eigenvalue weighted by molar-refractivity contribution is 7.89. The topological polar surface area (TPSA) is 83.5 Å². The average molecular weight is 264 g/mol. The second-order valence-electron chi connectivity index (χ2n) is 3.31. The molecule has 0 saturated carbocycles. The van der Waals surface area contributed by atoms with Crippen LogP contribution in [-0.4, -0.2) is 25.9 Å². The molecule has 0 unspecified atom stereocenters. The van der Waals surface area contributed by atoms with E-state index in [-0.39, 0.29) is 11.4 Å². The molecule has 0 saturated heterocycles. The number of sulfone groups is 1. The molecule has 0 atom stereocenters. The van der Waals surface area contributed by atoms with Gasteiger partial charge in [0.15, 0.2) is 9.84 Å². The minimum Gasteiger partial charge on any atom is -0.465 e. The number of hydrogen-bond donors (Lipinski definition) is 2. The maximum Gasteiger partial charge on any atom is 0.409 e. The van der Waals surface area contributed by atoms with E-state index in [0.717, 1.165) is 6.26 Å². The zero-order valence-corrected chi connectivity index (χ0v) is 9.97. The molecule has 0 fully saturated rings. The molecule has 0 heterocycles. The predicted molar refractivity (Wildman–Crippen MR) is 61.6 cm³/mol. The Morgan fingerprint density at radius 1 is 1.50 bits per heavy atom. The van der Waals surface area contributed by atoms with Crippen LogP contribution in [0, 0.1) is 0 Å². The summed E-state index contributed by atoms with van der Waals surface area (Å²) in [5.41, 5.74) is 0.658. The summed E-state index contributed by atoms with van der Waals surface area (Å²) in [5.74, 6) is -0.221. The molecule has 88 valence electrons. The standard InChI is InChI=1S/C9H10ClNO4S/c1-16(14,15)5-6-4-7(11-9(12)13)2-3-8(6)10/h2-4,11H,5H2,1H3,(H,12,13). The Bertz CT molecular complexity index is 512. The predicted octanol–water partition coefficient (Wildman–Crippen LogP) is 1.97. The van der Waals surface area contributed by atoms with E-state index >= 15 is 0 Å². The first kappa shape index (κ1) is 12.8. The molecule has 7 heteroatoms. The van der Waals surface area contributed by atoms with Crippen LogP contribution in [0.3, 0.4) is 0 Å². The van der Waals surface area contributed by atoms with Gasteiger partial charge in [0.1, 0.15) is 0 Å². The van der Waals surface area contributed by atoms with Crippen LogP contribution in [0.25, 0.3) is 0 Å². The van der Waals surface area contributed by atoms with E-state index in [1.807, 2.05) is 0 Å². The molecule has 0 aromatic heterocycles. The van der Waals surface area contributed by atoms with Crippen molar-refractivity contribution in [3.63, 3.8) is 0 Å². The van der Waals surface area contributed by atoms with E-state index in [2.05, 4.69) is 5.32 Å². The SMILES string of the molecule is CS(=O)(=O)Cc1cc(NC(=O)O)ccc1Cl. The van der Waals surface area contributed by atoms with Gasteiger partial charge in [-0.3, -0.25) is 5.32 Å². The average Bonchev–Trinajstić information content (AvgIpc) is 2.07. The zero-order chi connectivity index (χ0) is 12.3. The molecule has 1 aromatic carbocycles. The second-order valence-corrected chi connectivity index (χ2v) is 5.85. The lowest BCUT2D eigenvalue weighted by Gasteiger charge is -2.06. The first-order chi connectivity index (χ1) is 7.28. The zero-order valence-electron chi connectivity index (χ0n) is 8.40. The fraction of sp³-hybridized carbons (Fsp3) is 0.222. The van der Waals surface area contributed by atoms with Crippen LogP contribution < -0.4 is 5.32 Å². The third-order valence-electron chi connectivity index (χ3n) is 1.71. The maximum absolute atomic E-state index is 11.1. The number of amides is 1. The number of rotatable bonds is 3. The summed E-state index contributed by atoms with van der Waals surface area (Å²) in [7, 11) is -3.20. The summed E-state index contributed by atoms with van der Waals surface area (Å²) in [6.45, 7) is 0. The van der Waals surface area contributed by atoms with E-state index in [9.17, 15) is 13.2 Å². The Kier molecular flexibility index (Phi) is 3.77. The number of carbonyl (C=O) groups is 1. The van der Waals surface area contributed by atoms with Crippen LogP contribution in [-0.2, 0) is 15.6 Å². The molecule has 0 radical (unpaired) electrons. The van der Waals surface area contributed by atoms with Gasteiger partial charge in [-0.1, -0.05) is 11.6 Å². The lowest BCUT2D eigenvalue weighted by Crippen LogP contribution is -2.08. The van der Waals surface area contributed by atoms with E-state index < -0.39 is 15.9 Å². The van der Waals surface area contributed by atoms with Crippen molar-refractivity contribution in [2.24, 2.45) is 0 Å². The summed E-state index contributed by atoms with van der Waals surface area (Å²) in [5, 5.41) is 10.9. The fourth-order valence-corrected chi connectivity index (χ4v) is 2.24. The third kappa shape index (κ3) is 4.08. The van der Waals surface area contributed by atoms with Crippen molar-refractivity contribution >= 4 is 33.2 Å². The number of benzene rings is 1. The highest BCUT2D eigenvalue weighted by Gasteiger charge is 2.10. The largest absolute Gasteiger partial charge is 0.465 e. The first-order valence-electron chi connectivity index (χ1n) is 4.24. The van der Waals surface area contributed by atoms with Crippen molar-refractivity contribution < 1.29 is 18.3 Å². The van der Waals surface area contributed by atoms with Gasteiger partial charge in [0.05, 0.1) is 5.75 Å². The monoisotopic (exact) mass is 263 g/mol. The summed E-state index contributed by atoms with van der Waals surface area (Å²) in [6, 6.07) is 4.31. The van der Waals surface area contributed by atoms with Gasteiger partial charge in [-0.05, 0) is 23.8 Å². The molecule has 5 nitrogen and oxygen atoms in total. The summed E-state index contributed by atoms with van der Waals surface area (Å²) in [6.07, 6.45) is -0.131. The van der Waals surface area contributed by atoms with Gasteiger partial charge in [0, 0.05) is 17.0 Å². The van der Waals surface area contributed by atoms with Crippen molar-refractivity contribution in [2.45, 2.75) is 5.75 Å². The van der Waals surface area contributed by atoms with Crippen LogP contribution >= 0.6 is 11.6 Å². The van der Waals surface area contributed by atoms with Crippen molar-refractivity contribution in [3.8, 4) is 0 Å². The Morgan fingerprint density at radius 3 is 2.62 bits per heavy atom. The number of halogens is 1. The molecule has 16 heavy (non-hydrogen) atoms. The smallest absolute Gasteiger partial charge is 0.409 e. The molecule has 1 amide bonds. The molecule has 0 aliphatic heterocycles. The summed E-state index contributed by atoms with van der Waals surface area (Å²) in [4.78, 5) is 10.4. The van der Waals surface area contributed by atoms with E-state index in [1.54, 1.807) is 0 Å². The van der Waals surface area contributed by atoms with E-state index in [0.29, 0.717) is 10.6 Å². The molecule has 1 aromatic rings. The maximum atomic E-state index is 11.1. The van der Waals surface area contributed by atoms with E-state index in [1.165, 1.54) is 18.2 Å². The molecule has 0 aliphatic carbocycles. The highest BCUT2D eigenvalue weighted by Crippen LogP contribution is 2.22. The van der Waals surface area contributed by atoms with Crippen LogP contribution in [0.4, 0.5) is 10.5 Å². The quantitative estimate of drug-likeness (QED) is 0.873. The lowest BCUT2D eigenvalue weighted by molar-refractivity contribution is 0.210. The van der Waals surface area contributed by atoms with Gasteiger partial charge in [0.25, 0.3) is 0 Å². The van der Waals surface area contributed by atoms with Gasteiger partial charge in [-0.15, -0.1) is 0 Å². The molecule has 0 bridgehead atoms. The number of nitrogens with one attached hydrogen (secondary N) is 1. The molecular weight excluding hydrogens is 254 g/mol. The summed E-state index contributed by atoms with van der Waals surface area (Å²) >= 11 is 5.80. The minimum absolute atomic E-state index is 0.221. The Morgan fingerprint density at radius 2 is 2.12 bits per heavy atom. The van der Waals surface area contributed by atoms with Crippen LogP contribution in [0.5, 0.6) is 0 Å². The number of anilines is 1. The molecule has 2 N–H and O–H groups in total. The fourth-order valence-electron chi connectivity index (χ4n) is 1.17. The number of hydrogen-bond acceptors (Lipinski definition) is 3. The molecule has 0 aliphatic rings. The first-order valence-corrected chi connectivity index (χ1v) is 6.68. The van der Waals surface area contributed by atoms with Crippen molar-refractivity contribution in [3.05, 3.63) is 28.8 Å². The van der Waals surface area contributed by atoms with Gasteiger partial charge < -0.3 is 5.11 Å². The molecule has 0 spiro atoms. The Labute approximate surface area is 98.0 Å². The van der Waals surface area contributed by atoms with Crippen LogP contribution in [0.2, 0.25) is 5.02 Å². The highest BCUT2D eigenvalue weighted by atomic mass is 35.5. The van der Waals surface area contributed by atoms with Gasteiger partial charge >= 0.3 is 6.09 Å². The van der Waals surface area contributed by atoms with Crippen molar-refractivity contribution in [2.75, 3.05) is 11.6 Å². The normalized spacial score (nSPS) is 11.1. The van der Waals surface area contributed by atoms with Gasteiger partial charge in [0.2, 0.25) is 0 Å². The van der Waals surface area contributed by atoms with E-state index in [4.69, 9.17) is 16.7 Å². The lowest BCUT2D eigenvalue weighted by atomic mass is 10.2. The Hall–Kier alpha value is -1.27. The minimum atomic E-state index is -3.20. The third-order valence-corrected chi connectivity index (χ3v) is 2.92. The Balaban J connectivity index is 3.04. The molecule has 1 rings (SSSR count). The van der Waals surface area contributed by atoms with Crippen LogP contribution in [0.1, 0.15) is 5.56 Å². The second kappa shape index (κ2) is 4.71. The summed E-state index contributed by atoms with van der Waals surface area (Å²) < 4.78 is 22.2. The molecular formula is C9H10ClNO4S. The van der Waals surface area contributed by atoms with Crippen molar-refractivity contribution in [1.82, 2.24) is 0 Å². The van der Waals surface area contributed by atoms with Crippen LogP contribution in [0.15, 0.2) is 18.2 Å². The van der Waals surface area contributed by atoms with Crippen molar-refractivity contribution in [1.29, 1.82) is 0 Å².